The molecule has 2 aliphatic carbocycles. The fourth-order valence-corrected chi connectivity index (χ4v) is 4.37. The Balaban J connectivity index is 1.44. The highest BCUT2D eigenvalue weighted by atomic mass is 16.2. The molecule has 130 valence electrons. The van der Waals surface area contributed by atoms with Crippen molar-refractivity contribution in [3.05, 3.63) is 35.4 Å². The van der Waals surface area contributed by atoms with Crippen LogP contribution in [0.25, 0.3) is 0 Å². The van der Waals surface area contributed by atoms with E-state index in [1.807, 2.05) is 12.1 Å². The summed E-state index contributed by atoms with van der Waals surface area (Å²) in [5.41, 5.74) is 1.60. The van der Waals surface area contributed by atoms with Gasteiger partial charge in [0.15, 0.2) is 0 Å². The van der Waals surface area contributed by atoms with Crippen molar-refractivity contribution in [2.75, 3.05) is 7.05 Å². The molecule has 24 heavy (non-hydrogen) atoms. The Labute approximate surface area is 143 Å². The Morgan fingerprint density at radius 3 is 2.50 bits per heavy atom. The Hall–Kier alpha value is -2.04. The molecular formula is C19H27N3O2. The Morgan fingerprint density at radius 1 is 1.17 bits per heavy atom. The van der Waals surface area contributed by atoms with Crippen molar-refractivity contribution in [1.29, 1.82) is 0 Å². The molecule has 0 aliphatic heterocycles. The SMILES string of the molecule is CNC(=O)c1ccc(CNC(=O)NC(C)C2CC3CCC2C3)cc1. The summed E-state index contributed by atoms with van der Waals surface area (Å²) in [6, 6.07) is 7.39. The Bertz CT molecular complexity index is 599. The Morgan fingerprint density at radius 2 is 1.92 bits per heavy atom. The van der Waals surface area contributed by atoms with Gasteiger partial charge in [-0.3, -0.25) is 4.79 Å². The molecule has 1 aromatic carbocycles. The van der Waals surface area contributed by atoms with E-state index < -0.39 is 0 Å². The maximum atomic E-state index is 12.1. The molecule has 3 amide bonds. The summed E-state index contributed by atoms with van der Waals surface area (Å²) in [7, 11) is 1.61. The summed E-state index contributed by atoms with van der Waals surface area (Å²) >= 11 is 0. The maximum Gasteiger partial charge on any atom is 0.315 e. The first kappa shape index (κ1) is 16.8. The van der Waals surface area contributed by atoms with Gasteiger partial charge in [-0.05, 0) is 61.6 Å². The minimum Gasteiger partial charge on any atom is -0.355 e. The van der Waals surface area contributed by atoms with Crippen LogP contribution in [-0.4, -0.2) is 25.0 Å². The highest BCUT2D eigenvalue weighted by Crippen LogP contribution is 2.49. The van der Waals surface area contributed by atoms with Crippen LogP contribution >= 0.6 is 0 Å². The molecule has 4 unspecified atom stereocenters. The zero-order valence-corrected chi connectivity index (χ0v) is 14.5. The van der Waals surface area contributed by atoms with Crippen molar-refractivity contribution in [3.63, 3.8) is 0 Å². The average molecular weight is 329 g/mol. The van der Waals surface area contributed by atoms with Crippen molar-refractivity contribution >= 4 is 11.9 Å². The molecule has 3 rings (SSSR count). The number of carbonyl (C=O) groups is 2. The van der Waals surface area contributed by atoms with E-state index in [0.29, 0.717) is 18.0 Å². The quantitative estimate of drug-likeness (QED) is 0.777. The van der Waals surface area contributed by atoms with Crippen LogP contribution in [0.15, 0.2) is 24.3 Å². The lowest BCUT2D eigenvalue weighted by atomic mass is 9.84. The van der Waals surface area contributed by atoms with Crippen LogP contribution in [0.5, 0.6) is 0 Å². The molecule has 3 N–H and O–H groups in total. The van der Waals surface area contributed by atoms with E-state index in [4.69, 9.17) is 0 Å². The lowest BCUT2D eigenvalue weighted by Crippen LogP contribution is -2.45. The number of rotatable bonds is 5. The standard InChI is InChI=1S/C19H27N3O2/c1-12(17-10-14-5-8-16(17)9-14)22-19(24)21-11-13-3-6-15(7-4-13)18(23)20-2/h3-4,6-7,12,14,16-17H,5,8-11H2,1-2H3,(H,20,23)(H2,21,22,24). The van der Waals surface area contributed by atoms with Crippen molar-refractivity contribution in [1.82, 2.24) is 16.0 Å². The van der Waals surface area contributed by atoms with Gasteiger partial charge in [0.2, 0.25) is 0 Å². The van der Waals surface area contributed by atoms with Crippen LogP contribution in [0.4, 0.5) is 4.79 Å². The third kappa shape index (κ3) is 3.71. The fourth-order valence-electron chi connectivity index (χ4n) is 4.37. The summed E-state index contributed by atoms with van der Waals surface area (Å²) < 4.78 is 0. The number of amides is 3. The Kier molecular flexibility index (Phi) is 5.07. The highest BCUT2D eigenvalue weighted by Gasteiger charge is 2.42. The number of benzene rings is 1. The van der Waals surface area contributed by atoms with Gasteiger partial charge < -0.3 is 16.0 Å². The van der Waals surface area contributed by atoms with Gasteiger partial charge in [0, 0.05) is 25.2 Å². The maximum absolute atomic E-state index is 12.1. The summed E-state index contributed by atoms with van der Waals surface area (Å²) in [5.74, 6) is 2.24. The third-order valence-electron chi connectivity index (χ3n) is 5.69. The normalized spacial score (nSPS) is 26.0. The van der Waals surface area contributed by atoms with E-state index in [2.05, 4.69) is 22.9 Å². The summed E-state index contributed by atoms with van der Waals surface area (Å²) in [6.45, 7) is 2.59. The lowest BCUT2D eigenvalue weighted by Gasteiger charge is -2.28. The number of carbonyl (C=O) groups excluding carboxylic acids is 2. The van der Waals surface area contributed by atoms with Gasteiger partial charge in [-0.15, -0.1) is 0 Å². The van der Waals surface area contributed by atoms with Crippen molar-refractivity contribution < 1.29 is 9.59 Å². The fraction of sp³-hybridized carbons (Fsp3) is 0.579. The molecule has 2 saturated carbocycles. The molecule has 1 aromatic rings. The second kappa shape index (κ2) is 7.24. The molecule has 0 heterocycles. The zero-order valence-electron chi connectivity index (χ0n) is 14.5. The number of fused-ring (bicyclic) bond motifs is 2. The number of urea groups is 1. The van der Waals surface area contributed by atoms with E-state index in [1.54, 1.807) is 19.2 Å². The molecule has 0 saturated heterocycles. The van der Waals surface area contributed by atoms with Gasteiger partial charge in [-0.1, -0.05) is 18.6 Å². The van der Waals surface area contributed by atoms with E-state index in [1.165, 1.54) is 25.7 Å². The van der Waals surface area contributed by atoms with E-state index >= 15 is 0 Å². The summed E-state index contributed by atoms with van der Waals surface area (Å²) in [4.78, 5) is 23.6. The van der Waals surface area contributed by atoms with Crippen LogP contribution in [-0.2, 0) is 6.54 Å². The predicted molar refractivity (Wildman–Crippen MR) is 93.6 cm³/mol. The van der Waals surface area contributed by atoms with Crippen LogP contribution < -0.4 is 16.0 Å². The number of hydrogen-bond acceptors (Lipinski definition) is 2. The molecule has 4 atom stereocenters. The topological polar surface area (TPSA) is 70.2 Å². The minimum absolute atomic E-state index is 0.105. The van der Waals surface area contributed by atoms with Crippen molar-refractivity contribution in [2.45, 2.75) is 45.2 Å². The molecule has 2 fully saturated rings. The number of nitrogens with one attached hydrogen (secondary N) is 3. The average Bonchev–Trinajstić information content (AvgIpc) is 3.23. The first-order chi connectivity index (χ1) is 11.6. The van der Waals surface area contributed by atoms with E-state index in [0.717, 1.165) is 17.4 Å². The predicted octanol–water partition coefficient (Wildman–Crippen LogP) is 2.67. The van der Waals surface area contributed by atoms with Gasteiger partial charge in [-0.25, -0.2) is 4.79 Å². The van der Waals surface area contributed by atoms with Crippen LogP contribution in [0.2, 0.25) is 0 Å². The van der Waals surface area contributed by atoms with Gasteiger partial charge in [0.05, 0.1) is 0 Å². The largest absolute Gasteiger partial charge is 0.355 e. The van der Waals surface area contributed by atoms with Crippen LogP contribution in [0, 0.1) is 17.8 Å². The molecule has 2 bridgehead atoms. The molecule has 5 heteroatoms. The van der Waals surface area contributed by atoms with E-state index in [-0.39, 0.29) is 18.0 Å². The smallest absolute Gasteiger partial charge is 0.315 e. The monoisotopic (exact) mass is 329 g/mol. The van der Waals surface area contributed by atoms with Crippen molar-refractivity contribution in [2.24, 2.45) is 17.8 Å². The molecule has 0 spiro atoms. The molecule has 0 aromatic heterocycles. The van der Waals surface area contributed by atoms with Crippen LogP contribution in [0.1, 0.15) is 48.5 Å². The summed E-state index contributed by atoms with van der Waals surface area (Å²) in [5, 5.41) is 8.60. The van der Waals surface area contributed by atoms with Gasteiger partial charge in [-0.2, -0.15) is 0 Å². The molecular weight excluding hydrogens is 302 g/mol. The lowest BCUT2D eigenvalue weighted by molar-refractivity contribution is 0.0963. The second-order valence-electron chi connectivity index (χ2n) is 7.23. The van der Waals surface area contributed by atoms with E-state index in [9.17, 15) is 9.59 Å². The van der Waals surface area contributed by atoms with Gasteiger partial charge >= 0.3 is 6.03 Å². The van der Waals surface area contributed by atoms with Crippen LogP contribution in [0.3, 0.4) is 0 Å². The minimum atomic E-state index is -0.111. The first-order valence-corrected chi connectivity index (χ1v) is 8.92. The first-order valence-electron chi connectivity index (χ1n) is 8.92. The highest BCUT2D eigenvalue weighted by molar-refractivity contribution is 5.93. The number of hydrogen-bond donors (Lipinski definition) is 3. The molecule has 2 aliphatic rings. The second-order valence-corrected chi connectivity index (χ2v) is 7.23. The van der Waals surface area contributed by atoms with Gasteiger partial charge in [0.1, 0.15) is 0 Å². The molecule has 5 nitrogen and oxygen atoms in total. The summed E-state index contributed by atoms with van der Waals surface area (Å²) in [6.07, 6.45) is 5.34. The van der Waals surface area contributed by atoms with Gasteiger partial charge in [0.25, 0.3) is 5.91 Å². The zero-order chi connectivity index (χ0) is 17.1. The molecule has 0 radical (unpaired) electrons. The van der Waals surface area contributed by atoms with Crippen molar-refractivity contribution in [3.8, 4) is 0 Å². The third-order valence-corrected chi connectivity index (χ3v) is 5.69.